The number of aromatic carboxylic acids is 1. The summed E-state index contributed by atoms with van der Waals surface area (Å²) in [6.45, 7) is 0.458. The van der Waals surface area contributed by atoms with Crippen LogP contribution >= 0.6 is 0 Å². The third kappa shape index (κ3) is 5.12. The predicted molar refractivity (Wildman–Crippen MR) is 117 cm³/mol. The summed E-state index contributed by atoms with van der Waals surface area (Å²) in [5, 5.41) is 9.45. The second kappa shape index (κ2) is 9.47. The third-order valence-electron chi connectivity index (χ3n) is 5.33. The van der Waals surface area contributed by atoms with Crippen LogP contribution < -0.4 is 14.4 Å². The maximum atomic E-state index is 11.5. The van der Waals surface area contributed by atoms with Gasteiger partial charge in [-0.05, 0) is 55.5 Å². The Morgan fingerprint density at radius 3 is 2.71 bits per heavy atom. The SMILES string of the molecule is COc1cc(OC2CCCC2)nc(N(Cc2cccnc2)c2cccc(C(=O)O)c2)c1. The quantitative estimate of drug-likeness (QED) is 0.559. The highest BCUT2D eigenvalue weighted by Gasteiger charge is 2.20. The standard InChI is InChI=1S/C24H25N3O4/c1-30-21-13-22(26-23(14-21)31-20-9-2-3-10-20)27(16-17-6-5-11-25-15-17)19-8-4-7-18(12-19)24(28)29/h4-8,11-15,20H,2-3,9-10,16H2,1H3,(H,28,29). The van der Waals surface area contributed by atoms with E-state index >= 15 is 0 Å². The number of ether oxygens (including phenoxy) is 2. The van der Waals surface area contributed by atoms with Gasteiger partial charge in [0.15, 0.2) is 0 Å². The normalized spacial score (nSPS) is 13.7. The molecule has 31 heavy (non-hydrogen) atoms. The van der Waals surface area contributed by atoms with Gasteiger partial charge in [0.25, 0.3) is 0 Å². The number of hydrogen-bond acceptors (Lipinski definition) is 6. The van der Waals surface area contributed by atoms with Crippen LogP contribution in [0.1, 0.15) is 41.6 Å². The summed E-state index contributed by atoms with van der Waals surface area (Å²) in [5.74, 6) is 0.765. The summed E-state index contributed by atoms with van der Waals surface area (Å²) in [4.78, 5) is 22.4. The Kier molecular flexibility index (Phi) is 6.31. The Morgan fingerprint density at radius 2 is 2.00 bits per heavy atom. The van der Waals surface area contributed by atoms with E-state index in [0.717, 1.165) is 31.2 Å². The number of carbonyl (C=O) groups is 1. The smallest absolute Gasteiger partial charge is 0.335 e. The molecule has 0 aliphatic heterocycles. The van der Waals surface area contributed by atoms with Crippen LogP contribution in [0.4, 0.5) is 11.5 Å². The number of benzene rings is 1. The Hall–Kier alpha value is -3.61. The lowest BCUT2D eigenvalue weighted by Gasteiger charge is -2.25. The predicted octanol–water partition coefficient (Wildman–Crippen LogP) is 4.84. The first-order chi connectivity index (χ1) is 15.1. The van der Waals surface area contributed by atoms with Gasteiger partial charge in [0.1, 0.15) is 17.7 Å². The minimum absolute atomic E-state index is 0.162. The molecule has 0 spiro atoms. The molecule has 2 aromatic heterocycles. The Balaban J connectivity index is 1.75. The molecule has 0 atom stereocenters. The minimum atomic E-state index is -0.980. The Bertz CT molecular complexity index is 1040. The first-order valence-corrected chi connectivity index (χ1v) is 10.3. The van der Waals surface area contributed by atoms with Crippen LogP contribution in [-0.2, 0) is 6.54 Å². The second-order valence-electron chi connectivity index (χ2n) is 7.53. The van der Waals surface area contributed by atoms with Crippen molar-refractivity contribution in [3.63, 3.8) is 0 Å². The van der Waals surface area contributed by atoms with E-state index in [1.165, 1.54) is 0 Å². The lowest BCUT2D eigenvalue weighted by Crippen LogP contribution is -2.19. The van der Waals surface area contributed by atoms with Gasteiger partial charge in [0.05, 0.1) is 19.2 Å². The Morgan fingerprint density at radius 1 is 1.16 bits per heavy atom. The number of methoxy groups -OCH3 is 1. The fourth-order valence-corrected chi connectivity index (χ4v) is 3.75. The zero-order valence-corrected chi connectivity index (χ0v) is 17.4. The van der Waals surface area contributed by atoms with E-state index in [4.69, 9.17) is 14.5 Å². The number of carboxylic acid groups (broad SMARTS) is 1. The molecule has 160 valence electrons. The van der Waals surface area contributed by atoms with E-state index in [1.54, 1.807) is 43.8 Å². The van der Waals surface area contributed by atoms with Crippen molar-refractivity contribution < 1.29 is 19.4 Å². The van der Waals surface area contributed by atoms with Gasteiger partial charge in [-0.3, -0.25) is 4.98 Å². The van der Waals surface area contributed by atoms with Gasteiger partial charge in [-0.25, -0.2) is 4.79 Å². The van der Waals surface area contributed by atoms with Crippen LogP contribution in [-0.4, -0.2) is 34.3 Å². The van der Waals surface area contributed by atoms with Gasteiger partial charge >= 0.3 is 5.97 Å². The fourth-order valence-electron chi connectivity index (χ4n) is 3.75. The lowest BCUT2D eigenvalue weighted by atomic mass is 10.1. The average molecular weight is 419 g/mol. The average Bonchev–Trinajstić information content (AvgIpc) is 3.31. The summed E-state index contributed by atoms with van der Waals surface area (Å²) in [5.41, 5.74) is 1.88. The van der Waals surface area contributed by atoms with Crippen molar-refractivity contribution >= 4 is 17.5 Å². The van der Waals surface area contributed by atoms with Crippen molar-refractivity contribution in [1.82, 2.24) is 9.97 Å². The number of nitrogens with zero attached hydrogens (tertiary/aromatic N) is 3. The topological polar surface area (TPSA) is 84.8 Å². The molecule has 7 heteroatoms. The number of carboxylic acids is 1. The first kappa shape index (κ1) is 20.7. The van der Waals surface area contributed by atoms with Gasteiger partial charge in [-0.2, -0.15) is 4.98 Å². The lowest BCUT2D eigenvalue weighted by molar-refractivity contribution is 0.0697. The number of pyridine rings is 2. The number of hydrogen-bond donors (Lipinski definition) is 1. The van der Waals surface area contributed by atoms with Crippen molar-refractivity contribution in [3.8, 4) is 11.6 Å². The van der Waals surface area contributed by atoms with Crippen LogP contribution in [0.2, 0.25) is 0 Å². The monoisotopic (exact) mass is 419 g/mol. The number of anilines is 2. The molecule has 1 aliphatic rings. The third-order valence-corrected chi connectivity index (χ3v) is 5.33. The van der Waals surface area contributed by atoms with E-state index < -0.39 is 5.97 Å². The molecule has 1 N–H and O–H groups in total. The van der Waals surface area contributed by atoms with E-state index in [0.29, 0.717) is 29.7 Å². The summed E-state index contributed by atoms with van der Waals surface area (Å²) in [7, 11) is 1.61. The molecule has 1 aromatic carbocycles. The van der Waals surface area contributed by atoms with E-state index in [1.807, 2.05) is 29.2 Å². The number of aromatic nitrogens is 2. The highest BCUT2D eigenvalue weighted by molar-refractivity contribution is 5.89. The molecule has 0 unspecified atom stereocenters. The molecule has 1 fully saturated rings. The molecule has 0 saturated heterocycles. The molecule has 0 radical (unpaired) electrons. The second-order valence-corrected chi connectivity index (χ2v) is 7.53. The van der Waals surface area contributed by atoms with E-state index in [2.05, 4.69) is 4.98 Å². The molecule has 1 saturated carbocycles. The van der Waals surface area contributed by atoms with Gasteiger partial charge in [0, 0.05) is 30.2 Å². The van der Waals surface area contributed by atoms with Crippen LogP contribution in [0.5, 0.6) is 11.6 Å². The maximum absolute atomic E-state index is 11.5. The molecular weight excluding hydrogens is 394 g/mol. The van der Waals surface area contributed by atoms with E-state index in [9.17, 15) is 9.90 Å². The minimum Gasteiger partial charge on any atom is -0.496 e. The zero-order valence-electron chi connectivity index (χ0n) is 17.4. The first-order valence-electron chi connectivity index (χ1n) is 10.3. The molecule has 0 bridgehead atoms. The van der Waals surface area contributed by atoms with Crippen LogP contribution in [0.25, 0.3) is 0 Å². The number of rotatable bonds is 8. The van der Waals surface area contributed by atoms with Gasteiger partial charge < -0.3 is 19.5 Å². The summed E-state index contributed by atoms with van der Waals surface area (Å²) in [6.07, 6.45) is 8.03. The van der Waals surface area contributed by atoms with Crippen LogP contribution in [0, 0.1) is 0 Å². The van der Waals surface area contributed by atoms with Crippen LogP contribution in [0.3, 0.4) is 0 Å². The molecule has 3 aromatic rings. The van der Waals surface area contributed by atoms with Crippen molar-refractivity contribution in [2.75, 3.05) is 12.0 Å². The summed E-state index contributed by atoms with van der Waals surface area (Å²) < 4.78 is 11.6. The van der Waals surface area contributed by atoms with Gasteiger partial charge in [-0.1, -0.05) is 12.1 Å². The maximum Gasteiger partial charge on any atom is 0.335 e. The van der Waals surface area contributed by atoms with Crippen molar-refractivity contribution in [1.29, 1.82) is 0 Å². The van der Waals surface area contributed by atoms with Crippen molar-refractivity contribution in [3.05, 3.63) is 72.1 Å². The molecule has 0 amide bonds. The highest BCUT2D eigenvalue weighted by atomic mass is 16.5. The van der Waals surface area contributed by atoms with Gasteiger partial charge in [0.2, 0.25) is 5.88 Å². The van der Waals surface area contributed by atoms with Crippen LogP contribution in [0.15, 0.2) is 60.9 Å². The highest BCUT2D eigenvalue weighted by Crippen LogP contribution is 2.33. The van der Waals surface area contributed by atoms with E-state index in [-0.39, 0.29) is 11.7 Å². The molecular formula is C24H25N3O4. The molecule has 2 heterocycles. The Labute approximate surface area is 181 Å². The van der Waals surface area contributed by atoms with Crippen molar-refractivity contribution in [2.24, 2.45) is 0 Å². The fraction of sp³-hybridized carbons (Fsp3) is 0.292. The summed E-state index contributed by atoms with van der Waals surface area (Å²) >= 11 is 0. The molecule has 1 aliphatic carbocycles. The zero-order chi connectivity index (χ0) is 21.6. The molecule has 7 nitrogen and oxygen atoms in total. The molecule has 4 rings (SSSR count). The van der Waals surface area contributed by atoms with Gasteiger partial charge in [-0.15, -0.1) is 0 Å². The largest absolute Gasteiger partial charge is 0.496 e. The van der Waals surface area contributed by atoms with Crippen molar-refractivity contribution in [2.45, 2.75) is 38.3 Å². The summed E-state index contributed by atoms with van der Waals surface area (Å²) in [6, 6.07) is 14.3.